The lowest BCUT2D eigenvalue weighted by atomic mass is 10.00. The molecule has 0 aliphatic carbocycles. The van der Waals surface area contributed by atoms with E-state index >= 15 is 0 Å². The van der Waals surface area contributed by atoms with E-state index in [2.05, 4.69) is 30.7 Å². The van der Waals surface area contributed by atoms with Gasteiger partial charge in [0.15, 0.2) is 0 Å². The van der Waals surface area contributed by atoms with Gasteiger partial charge in [-0.15, -0.1) is 0 Å². The van der Waals surface area contributed by atoms with Crippen LogP contribution in [0, 0.1) is 13.8 Å². The molecule has 1 aliphatic heterocycles. The van der Waals surface area contributed by atoms with Gasteiger partial charge in [-0.3, -0.25) is 9.59 Å². The SMILES string of the molecule is Cc1[nH]c(C=C2C(=O)Nc3ccc(-c4cnn(-c5ccccc5)c4)cc32)c(C)c1C(=O)NCCc1ncc[nH]1. The number of nitrogens with one attached hydrogen (secondary N) is 4. The number of rotatable bonds is 7. The van der Waals surface area contributed by atoms with E-state index in [9.17, 15) is 9.59 Å². The van der Waals surface area contributed by atoms with E-state index in [0.29, 0.717) is 24.1 Å². The molecular weight excluding hydrogens is 490 g/mol. The van der Waals surface area contributed by atoms with Gasteiger partial charge in [0.05, 0.1) is 23.0 Å². The van der Waals surface area contributed by atoms with Crippen molar-refractivity contribution >= 4 is 29.2 Å². The predicted molar refractivity (Wildman–Crippen MR) is 150 cm³/mol. The monoisotopic (exact) mass is 517 g/mol. The summed E-state index contributed by atoms with van der Waals surface area (Å²) in [6, 6.07) is 15.8. The lowest BCUT2D eigenvalue weighted by molar-refractivity contribution is -0.110. The van der Waals surface area contributed by atoms with Crippen molar-refractivity contribution in [3.63, 3.8) is 0 Å². The van der Waals surface area contributed by atoms with E-state index in [1.807, 2.05) is 85.5 Å². The van der Waals surface area contributed by atoms with Gasteiger partial charge in [0, 0.05) is 59.8 Å². The Bertz CT molecular complexity index is 1710. The number of anilines is 1. The third-order valence-corrected chi connectivity index (χ3v) is 6.93. The molecule has 3 aromatic heterocycles. The summed E-state index contributed by atoms with van der Waals surface area (Å²) in [6.07, 6.45) is 9.67. The Morgan fingerprint density at radius 3 is 2.74 bits per heavy atom. The van der Waals surface area contributed by atoms with Crippen LogP contribution in [0.3, 0.4) is 0 Å². The highest BCUT2D eigenvalue weighted by Crippen LogP contribution is 2.37. The van der Waals surface area contributed by atoms with Gasteiger partial charge >= 0.3 is 0 Å². The lowest BCUT2D eigenvalue weighted by Gasteiger charge is -2.05. The Morgan fingerprint density at radius 1 is 1.10 bits per heavy atom. The van der Waals surface area contributed by atoms with E-state index in [-0.39, 0.29) is 11.8 Å². The van der Waals surface area contributed by atoms with Crippen LogP contribution in [0.2, 0.25) is 0 Å². The maximum Gasteiger partial charge on any atom is 0.256 e. The largest absolute Gasteiger partial charge is 0.358 e. The zero-order chi connectivity index (χ0) is 26.9. The van der Waals surface area contributed by atoms with Crippen molar-refractivity contribution in [3.8, 4) is 16.8 Å². The van der Waals surface area contributed by atoms with Crippen LogP contribution < -0.4 is 10.6 Å². The molecule has 4 N–H and O–H groups in total. The number of aromatic amines is 2. The molecule has 2 aromatic carbocycles. The van der Waals surface area contributed by atoms with Gasteiger partial charge in [-0.05, 0) is 55.3 Å². The smallest absolute Gasteiger partial charge is 0.256 e. The first-order valence-corrected chi connectivity index (χ1v) is 12.7. The standard InChI is InChI=1S/C30H27N7O2/c1-18-26(35-19(2)28(18)30(39)33-11-10-27-31-12-13-32-27)15-24-23-14-20(8-9-25(23)36-29(24)38)21-16-34-37(17-21)22-6-4-3-5-7-22/h3-9,12-17,35H,10-11H2,1-2H3,(H,31,32)(H,33,39)(H,36,38). The van der Waals surface area contributed by atoms with Crippen LogP contribution >= 0.6 is 0 Å². The van der Waals surface area contributed by atoms with Crippen LogP contribution in [0.4, 0.5) is 5.69 Å². The second kappa shape index (κ2) is 9.94. The van der Waals surface area contributed by atoms with E-state index in [0.717, 1.165) is 50.8 Å². The van der Waals surface area contributed by atoms with E-state index < -0.39 is 0 Å². The number of fused-ring (bicyclic) bond motifs is 1. The van der Waals surface area contributed by atoms with E-state index in [4.69, 9.17) is 0 Å². The van der Waals surface area contributed by atoms with Crippen LogP contribution in [0.25, 0.3) is 28.5 Å². The zero-order valence-corrected chi connectivity index (χ0v) is 21.6. The van der Waals surface area contributed by atoms with Crippen molar-refractivity contribution in [1.82, 2.24) is 30.0 Å². The molecule has 39 heavy (non-hydrogen) atoms. The van der Waals surface area contributed by atoms with Crippen LogP contribution in [0.15, 0.2) is 73.3 Å². The number of carbonyl (C=O) groups is 2. The highest BCUT2D eigenvalue weighted by atomic mass is 16.2. The molecule has 0 saturated carbocycles. The van der Waals surface area contributed by atoms with Crippen LogP contribution in [0.1, 0.15) is 38.7 Å². The summed E-state index contributed by atoms with van der Waals surface area (Å²) in [7, 11) is 0. The summed E-state index contributed by atoms with van der Waals surface area (Å²) in [4.78, 5) is 36.4. The third-order valence-electron chi connectivity index (χ3n) is 6.93. The molecular formula is C30H27N7O2. The minimum Gasteiger partial charge on any atom is -0.358 e. The molecule has 5 aromatic rings. The lowest BCUT2D eigenvalue weighted by Crippen LogP contribution is -2.26. The third kappa shape index (κ3) is 4.66. The zero-order valence-electron chi connectivity index (χ0n) is 21.6. The maximum absolute atomic E-state index is 13.0. The number of para-hydroxylation sites is 1. The normalized spacial score (nSPS) is 13.5. The van der Waals surface area contributed by atoms with Gasteiger partial charge in [-0.2, -0.15) is 5.10 Å². The fourth-order valence-electron chi connectivity index (χ4n) is 4.93. The molecule has 2 amide bonds. The molecule has 0 atom stereocenters. The van der Waals surface area contributed by atoms with Gasteiger partial charge in [0.25, 0.3) is 11.8 Å². The van der Waals surface area contributed by atoms with Crippen molar-refractivity contribution < 1.29 is 9.59 Å². The molecule has 9 heteroatoms. The molecule has 0 unspecified atom stereocenters. The molecule has 0 saturated heterocycles. The Morgan fingerprint density at radius 2 is 1.95 bits per heavy atom. The first-order valence-electron chi connectivity index (χ1n) is 12.7. The number of hydrogen-bond donors (Lipinski definition) is 4. The van der Waals surface area contributed by atoms with E-state index in [1.54, 1.807) is 12.4 Å². The Labute approximate surface area is 225 Å². The molecule has 1 aliphatic rings. The van der Waals surface area contributed by atoms with Gasteiger partial charge in [0.2, 0.25) is 0 Å². The summed E-state index contributed by atoms with van der Waals surface area (Å²) >= 11 is 0. The highest BCUT2D eigenvalue weighted by molar-refractivity contribution is 6.35. The Kier molecular flexibility index (Phi) is 6.16. The summed E-state index contributed by atoms with van der Waals surface area (Å²) in [6.45, 7) is 4.22. The van der Waals surface area contributed by atoms with Crippen LogP contribution in [-0.2, 0) is 11.2 Å². The minimum absolute atomic E-state index is 0.161. The second-order valence-electron chi connectivity index (χ2n) is 9.49. The quantitative estimate of drug-likeness (QED) is 0.234. The maximum atomic E-state index is 13.0. The van der Waals surface area contributed by atoms with Crippen LogP contribution in [-0.4, -0.2) is 43.1 Å². The fourth-order valence-corrected chi connectivity index (χ4v) is 4.93. The van der Waals surface area contributed by atoms with Gasteiger partial charge < -0.3 is 20.6 Å². The molecule has 0 spiro atoms. The second-order valence-corrected chi connectivity index (χ2v) is 9.49. The molecule has 4 heterocycles. The first kappa shape index (κ1) is 24.2. The van der Waals surface area contributed by atoms with Gasteiger partial charge in [0.1, 0.15) is 5.82 Å². The van der Waals surface area contributed by atoms with Crippen molar-refractivity contribution in [3.05, 3.63) is 107 Å². The molecule has 6 rings (SSSR count). The predicted octanol–water partition coefficient (Wildman–Crippen LogP) is 4.67. The van der Waals surface area contributed by atoms with E-state index in [1.165, 1.54) is 0 Å². The molecule has 0 fully saturated rings. The average molecular weight is 518 g/mol. The molecule has 194 valence electrons. The Balaban J connectivity index is 1.27. The number of hydrogen-bond acceptors (Lipinski definition) is 4. The molecule has 0 bridgehead atoms. The average Bonchev–Trinajstić information content (AvgIpc) is 3.73. The number of H-pyrrole nitrogens is 2. The first-order chi connectivity index (χ1) is 19.0. The van der Waals surface area contributed by atoms with Crippen molar-refractivity contribution in [2.75, 3.05) is 11.9 Å². The van der Waals surface area contributed by atoms with Crippen molar-refractivity contribution in [1.29, 1.82) is 0 Å². The summed E-state index contributed by atoms with van der Waals surface area (Å²) in [5.74, 6) is 0.477. The van der Waals surface area contributed by atoms with Gasteiger partial charge in [-0.25, -0.2) is 9.67 Å². The van der Waals surface area contributed by atoms with Crippen molar-refractivity contribution in [2.24, 2.45) is 0 Å². The number of carbonyl (C=O) groups excluding carboxylic acids is 2. The molecule has 0 radical (unpaired) electrons. The molecule has 9 nitrogen and oxygen atoms in total. The minimum atomic E-state index is -0.182. The number of amides is 2. The topological polar surface area (TPSA) is 120 Å². The fraction of sp³-hybridized carbons (Fsp3) is 0.133. The van der Waals surface area contributed by atoms with Crippen LogP contribution in [0.5, 0.6) is 0 Å². The number of benzene rings is 2. The number of aromatic nitrogens is 5. The van der Waals surface area contributed by atoms with Crippen molar-refractivity contribution in [2.45, 2.75) is 20.3 Å². The highest BCUT2D eigenvalue weighted by Gasteiger charge is 2.26. The van der Waals surface area contributed by atoms with Gasteiger partial charge in [-0.1, -0.05) is 24.3 Å². The summed E-state index contributed by atoms with van der Waals surface area (Å²) in [5, 5.41) is 10.4. The number of nitrogens with zero attached hydrogens (tertiary/aromatic N) is 3. The summed E-state index contributed by atoms with van der Waals surface area (Å²) in [5.41, 5.74) is 7.81. The summed E-state index contributed by atoms with van der Waals surface area (Å²) < 4.78 is 1.83. The number of imidazole rings is 1. The Hall–Kier alpha value is -5.18. The number of aryl methyl sites for hydroxylation is 1.